The smallest absolute Gasteiger partial charge is 0.134 e. The van der Waals surface area contributed by atoms with Crippen molar-refractivity contribution in [3.8, 4) is 5.75 Å². The SMILES string of the molecule is CC(O)(c1cn(C(c2ccccc2)(c2ccccc2)c2ccccc2)cn1)c1cc(F)cc2c1OCC2. The van der Waals surface area contributed by atoms with Crippen LogP contribution in [0.2, 0.25) is 0 Å². The number of halogens is 1. The molecule has 1 unspecified atom stereocenters. The Kier molecular flexibility index (Phi) is 5.65. The summed E-state index contributed by atoms with van der Waals surface area (Å²) in [4.78, 5) is 4.70. The molecule has 1 aliphatic rings. The first kappa shape index (κ1) is 23.2. The summed E-state index contributed by atoms with van der Waals surface area (Å²) in [7, 11) is 0. The summed E-state index contributed by atoms with van der Waals surface area (Å²) in [6, 6.07) is 33.6. The lowest BCUT2D eigenvalue weighted by atomic mass is 9.76. The van der Waals surface area contributed by atoms with Crippen LogP contribution in [0.25, 0.3) is 0 Å². The maximum Gasteiger partial charge on any atom is 0.134 e. The zero-order chi connectivity index (χ0) is 25.5. The lowest BCUT2D eigenvalue weighted by Gasteiger charge is -2.37. The monoisotopic (exact) mass is 490 g/mol. The normalized spacial score (nSPS) is 14.6. The van der Waals surface area contributed by atoms with Gasteiger partial charge in [-0.25, -0.2) is 9.37 Å². The van der Waals surface area contributed by atoms with E-state index < -0.39 is 17.0 Å². The van der Waals surface area contributed by atoms with Gasteiger partial charge in [0.05, 0.1) is 18.6 Å². The van der Waals surface area contributed by atoms with Gasteiger partial charge >= 0.3 is 0 Å². The van der Waals surface area contributed by atoms with E-state index in [9.17, 15) is 9.50 Å². The van der Waals surface area contributed by atoms with E-state index in [2.05, 4.69) is 36.4 Å². The van der Waals surface area contributed by atoms with E-state index in [4.69, 9.17) is 9.72 Å². The molecule has 2 heterocycles. The predicted molar refractivity (Wildman–Crippen MR) is 141 cm³/mol. The summed E-state index contributed by atoms with van der Waals surface area (Å²) >= 11 is 0. The molecule has 0 bridgehead atoms. The van der Waals surface area contributed by atoms with Gasteiger partial charge in [0.15, 0.2) is 0 Å². The number of ether oxygens (including phenoxy) is 1. The molecule has 4 nitrogen and oxygen atoms in total. The van der Waals surface area contributed by atoms with E-state index >= 15 is 0 Å². The fourth-order valence-electron chi connectivity index (χ4n) is 5.51. The number of imidazole rings is 1. The van der Waals surface area contributed by atoms with Crippen molar-refractivity contribution in [3.63, 3.8) is 0 Å². The summed E-state index contributed by atoms with van der Waals surface area (Å²) in [5, 5.41) is 11.8. The van der Waals surface area contributed by atoms with Gasteiger partial charge < -0.3 is 14.4 Å². The molecule has 0 fully saturated rings. The molecule has 6 rings (SSSR count). The number of benzene rings is 4. The third kappa shape index (κ3) is 3.74. The summed E-state index contributed by atoms with van der Waals surface area (Å²) < 4.78 is 22.4. The number of hydrogen-bond acceptors (Lipinski definition) is 3. The highest BCUT2D eigenvalue weighted by Crippen LogP contribution is 2.43. The molecule has 0 aliphatic carbocycles. The maximum absolute atomic E-state index is 14.5. The first-order chi connectivity index (χ1) is 18.0. The largest absolute Gasteiger partial charge is 0.493 e. The van der Waals surface area contributed by atoms with Crippen molar-refractivity contribution in [1.82, 2.24) is 9.55 Å². The van der Waals surface area contributed by atoms with Crippen LogP contribution >= 0.6 is 0 Å². The number of fused-ring (bicyclic) bond motifs is 1. The second-order valence-electron chi connectivity index (χ2n) is 9.59. The van der Waals surface area contributed by atoms with Crippen LogP contribution in [0.4, 0.5) is 4.39 Å². The third-order valence-corrected chi connectivity index (χ3v) is 7.32. The Morgan fingerprint density at radius 3 is 1.92 bits per heavy atom. The molecule has 1 aromatic heterocycles. The van der Waals surface area contributed by atoms with Crippen molar-refractivity contribution < 1.29 is 14.2 Å². The highest BCUT2D eigenvalue weighted by molar-refractivity contribution is 5.52. The molecule has 0 amide bonds. The Morgan fingerprint density at radius 1 is 0.838 bits per heavy atom. The van der Waals surface area contributed by atoms with E-state index in [1.807, 2.05) is 65.4 Å². The van der Waals surface area contributed by atoms with E-state index in [0.29, 0.717) is 30.0 Å². The zero-order valence-corrected chi connectivity index (χ0v) is 20.5. The van der Waals surface area contributed by atoms with Crippen molar-refractivity contribution in [1.29, 1.82) is 0 Å². The molecule has 0 spiro atoms. The first-order valence-corrected chi connectivity index (χ1v) is 12.4. The van der Waals surface area contributed by atoms with Crippen LogP contribution in [0.15, 0.2) is 116 Å². The van der Waals surface area contributed by atoms with Crippen LogP contribution in [-0.4, -0.2) is 21.3 Å². The average Bonchev–Trinajstić information content (AvgIpc) is 3.61. The quantitative estimate of drug-likeness (QED) is 0.295. The molecule has 4 aromatic carbocycles. The Labute approximate surface area is 215 Å². The lowest BCUT2D eigenvalue weighted by Crippen LogP contribution is -2.37. The van der Waals surface area contributed by atoms with Gasteiger partial charge in [-0.1, -0.05) is 91.0 Å². The van der Waals surface area contributed by atoms with Crippen LogP contribution in [0, 0.1) is 5.82 Å². The third-order valence-electron chi connectivity index (χ3n) is 7.32. The Hall–Kier alpha value is -4.22. The molecule has 5 heteroatoms. The van der Waals surface area contributed by atoms with Gasteiger partial charge in [-0.2, -0.15) is 0 Å². The van der Waals surface area contributed by atoms with Gasteiger partial charge in [0, 0.05) is 23.7 Å². The second kappa shape index (κ2) is 9.02. The van der Waals surface area contributed by atoms with Crippen LogP contribution in [0.1, 0.15) is 40.4 Å². The van der Waals surface area contributed by atoms with Crippen molar-refractivity contribution in [2.45, 2.75) is 24.5 Å². The van der Waals surface area contributed by atoms with Crippen LogP contribution in [-0.2, 0) is 17.6 Å². The Bertz CT molecular complexity index is 1430. The predicted octanol–water partition coefficient (Wildman–Crippen LogP) is 6.05. The minimum atomic E-state index is -1.57. The number of rotatable bonds is 6. The Morgan fingerprint density at radius 2 is 1.38 bits per heavy atom. The molecule has 0 saturated carbocycles. The topological polar surface area (TPSA) is 47.3 Å². The average molecular weight is 491 g/mol. The molecule has 1 aliphatic heterocycles. The number of aromatic nitrogens is 2. The molecule has 37 heavy (non-hydrogen) atoms. The molecule has 1 atom stereocenters. The standard InChI is InChI=1S/C32H27FN2O2/c1-31(36,28-20-27(33)19-23-17-18-37-30(23)28)29-21-35(22-34-29)32(24-11-5-2-6-12-24,25-13-7-3-8-14-25)26-15-9-4-10-16-26/h2-16,19-22,36H,17-18H2,1H3. The van der Waals surface area contributed by atoms with Crippen molar-refractivity contribution >= 4 is 0 Å². The van der Waals surface area contributed by atoms with Crippen molar-refractivity contribution in [3.05, 3.63) is 155 Å². The van der Waals surface area contributed by atoms with Crippen molar-refractivity contribution in [2.75, 3.05) is 6.61 Å². The minimum Gasteiger partial charge on any atom is -0.493 e. The first-order valence-electron chi connectivity index (χ1n) is 12.4. The highest BCUT2D eigenvalue weighted by atomic mass is 19.1. The van der Waals surface area contributed by atoms with Gasteiger partial charge in [-0.3, -0.25) is 0 Å². The molecular formula is C32H27FN2O2. The number of hydrogen-bond donors (Lipinski definition) is 1. The summed E-state index contributed by atoms with van der Waals surface area (Å²) in [6.45, 7) is 2.11. The van der Waals surface area contributed by atoms with Crippen molar-refractivity contribution in [2.24, 2.45) is 0 Å². The van der Waals surface area contributed by atoms with Crippen LogP contribution < -0.4 is 4.74 Å². The van der Waals surface area contributed by atoms with Crippen LogP contribution in [0.3, 0.4) is 0 Å². The highest BCUT2D eigenvalue weighted by Gasteiger charge is 2.41. The van der Waals surface area contributed by atoms with E-state index in [1.54, 1.807) is 13.3 Å². The van der Waals surface area contributed by atoms with E-state index in [0.717, 1.165) is 22.3 Å². The second-order valence-corrected chi connectivity index (χ2v) is 9.59. The minimum absolute atomic E-state index is 0.384. The molecular weight excluding hydrogens is 463 g/mol. The van der Waals surface area contributed by atoms with Gasteiger partial charge in [0.25, 0.3) is 0 Å². The van der Waals surface area contributed by atoms with Crippen LogP contribution in [0.5, 0.6) is 5.75 Å². The summed E-state index contributed by atoms with van der Waals surface area (Å²) in [6.07, 6.45) is 4.22. The molecule has 0 saturated heterocycles. The van der Waals surface area contributed by atoms with Gasteiger partial charge in [0.1, 0.15) is 22.7 Å². The number of aliphatic hydroxyl groups is 1. The molecule has 184 valence electrons. The van der Waals surface area contributed by atoms with Gasteiger partial charge in [0.2, 0.25) is 0 Å². The van der Waals surface area contributed by atoms with Gasteiger partial charge in [-0.05, 0) is 35.7 Å². The maximum atomic E-state index is 14.5. The van der Waals surface area contributed by atoms with Gasteiger partial charge in [-0.15, -0.1) is 0 Å². The fourth-order valence-corrected chi connectivity index (χ4v) is 5.51. The molecule has 0 radical (unpaired) electrons. The van der Waals surface area contributed by atoms with E-state index in [1.165, 1.54) is 12.1 Å². The summed E-state index contributed by atoms with van der Waals surface area (Å²) in [5.74, 6) is 0.146. The Balaban J connectivity index is 1.59. The van der Waals surface area contributed by atoms with E-state index in [-0.39, 0.29) is 0 Å². The fraction of sp³-hybridized carbons (Fsp3) is 0.156. The zero-order valence-electron chi connectivity index (χ0n) is 20.5. The molecule has 1 N–H and O–H groups in total. The number of nitrogens with zero attached hydrogens (tertiary/aromatic N) is 2. The summed E-state index contributed by atoms with van der Waals surface area (Å²) in [5.41, 5.74) is 2.37. The molecule has 5 aromatic rings. The lowest BCUT2D eigenvalue weighted by molar-refractivity contribution is 0.0939.